The maximum absolute atomic E-state index is 12.3. The van der Waals surface area contributed by atoms with Crippen molar-refractivity contribution in [1.82, 2.24) is 9.97 Å². The number of aromatic nitrogens is 2. The number of hydrogen-bond donors (Lipinski definition) is 2. The van der Waals surface area contributed by atoms with Crippen molar-refractivity contribution in [2.24, 2.45) is 0 Å². The fraction of sp³-hybridized carbons (Fsp3) is 0.375. The Bertz CT molecular complexity index is 1140. The van der Waals surface area contributed by atoms with Crippen molar-refractivity contribution in [3.63, 3.8) is 0 Å². The molecular formula is C24H27N3O4S2. The second-order valence-electron chi connectivity index (χ2n) is 7.78. The minimum absolute atomic E-state index is 0.147. The number of carboxylic acids is 1. The molecule has 9 heteroatoms. The zero-order chi connectivity index (χ0) is 23.0. The van der Waals surface area contributed by atoms with Crippen LogP contribution in [0.1, 0.15) is 33.8 Å². The summed E-state index contributed by atoms with van der Waals surface area (Å²) in [6, 6.07) is 13.2. The molecule has 0 atom stereocenters. The molecule has 0 radical (unpaired) electrons. The highest BCUT2D eigenvalue weighted by Crippen LogP contribution is 2.30. The topological polar surface area (TPSA) is 95.5 Å². The van der Waals surface area contributed by atoms with Crippen LogP contribution < -0.4 is 10.5 Å². The van der Waals surface area contributed by atoms with E-state index in [9.17, 15) is 9.59 Å². The number of hydrogen-bond acceptors (Lipinski definition) is 7. The van der Waals surface area contributed by atoms with E-state index in [4.69, 9.17) is 14.8 Å². The van der Waals surface area contributed by atoms with Gasteiger partial charge < -0.3 is 19.7 Å². The normalized spacial score (nSPS) is 13.9. The molecule has 1 fully saturated rings. The van der Waals surface area contributed by atoms with Gasteiger partial charge in [-0.15, -0.1) is 11.3 Å². The summed E-state index contributed by atoms with van der Waals surface area (Å²) in [6.07, 6.45) is 3.94. The van der Waals surface area contributed by atoms with Crippen molar-refractivity contribution in [2.75, 3.05) is 37.0 Å². The first-order valence-corrected chi connectivity index (χ1v) is 12.9. The lowest BCUT2D eigenvalue weighted by Gasteiger charge is -2.30. The van der Waals surface area contributed by atoms with Gasteiger partial charge in [0.05, 0.1) is 18.9 Å². The van der Waals surface area contributed by atoms with E-state index in [1.807, 2.05) is 24.3 Å². The molecule has 33 heavy (non-hydrogen) atoms. The highest BCUT2D eigenvalue weighted by atomic mass is 32.2. The van der Waals surface area contributed by atoms with Crippen molar-refractivity contribution >= 4 is 34.8 Å². The number of aryl methyl sites for hydroxylation is 1. The molecule has 1 aromatic carbocycles. The molecule has 0 unspecified atom stereocenters. The van der Waals surface area contributed by atoms with Crippen LogP contribution in [0.3, 0.4) is 0 Å². The lowest BCUT2D eigenvalue weighted by atomic mass is 10.1. The van der Waals surface area contributed by atoms with Gasteiger partial charge in [0.1, 0.15) is 4.88 Å². The third-order valence-corrected chi connectivity index (χ3v) is 7.52. The van der Waals surface area contributed by atoms with Crippen LogP contribution in [-0.2, 0) is 11.2 Å². The van der Waals surface area contributed by atoms with Crippen LogP contribution in [-0.4, -0.2) is 53.1 Å². The van der Waals surface area contributed by atoms with E-state index < -0.39 is 5.97 Å². The van der Waals surface area contributed by atoms with E-state index in [-0.39, 0.29) is 5.56 Å². The average Bonchev–Trinajstić information content (AvgIpc) is 3.31. The van der Waals surface area contributed by atoms with Crippen molar-refractivity contribution in [3.8, 4) is 11.3 Å². The second kappa shape index (κ2) is 11.5. The van der Waals surface area contributed by atoms with Gasteiger partial charge in [-0.2, -0.15) is 0 Å². The van der Waals surface area contributed by atoms with Crippen molar-refractivity contribution in [3.05, 3.63) is 62.6 Å². The number of aromatic amines is 1. The van der Waals surface area contributed by atoms with Crippen molar-refractivity contribution in [2.45, 2.75) is 30.8 Å². The number of ether oxygens (including phenoxy) is 1. The van der Waals surface area contributed by atoms with Crippen molar-refractivity contribution < 1.29 is 14.6 Å². The van der Waals surface area contributed by atoms with Crippen LogP contribution in [0.5, 0.6) is 0 Å². The summed E-state index contributed by atoms with van der Waals surface area (Å²) < 4.78 is 5.47. The second-order valence-corrected chi connectivity index (χ2v) is 10.0. The summed E-state index contributed by atoms with van der Waals surface area (Å²) in [5.41, 5.74) is 2.58. The zero-order valence-electron chi connectivity index (χ0n) is 18.3. The number of anilines is 1. The van der Waals surface area contributed by atoms with Crippen LogP contribution >= 0.6 is 23.1 Å². The van der Waals surface area contributed by atoms with Crippen LogP contribution in [0, 0.1) is 0 Å². The Balaban J connectivity index is 1.32. The Kier molecular flexibility index (Phi) is 8.20. The van der Waals surface area contributed by atoms with Crippen LogP contribution in [0.15, 0.2) is 52.4 Å². The Morgan fingerprint density at radius 3 is 2.76 bits per heavy atom. The third kappa shape index (κ3) is 6.46. The number of para-hydroxylation sites is 1. The van der Waals surface area contributed by atoms with Crippen LogP contribution in [0.2, 0.25) is 0 Å². The number of carboxylic acid groups (broad SMARTS) is 1. The summed E-state index contributed by atoms with van der Waals surface area (Å²) >= 11 is 2.91. The van der Waals surface area contributed by atoms with Gasteiger partial charge in [-0.05, 0) is 37.5 Å². The van der Waals surface area contributed by atoms with Gasteiger partial charge >= 0.3 is 5.97 Å². The Morgan fingerprint density at radius 1 is 1.15 bits per heavy atom. The molecule has 1 saturated heterocycles. The Hall–Kier alpha value is -2.62. The van der Waals surface area contributed by atoms with E-state index in [2.05, 4.69) is 16.0 Å². The largest absolute Gasteiger partial charge is 0.477 e. The molecule has 3 heterocycles. The van der Waals surface area contributed by atoms with E-state index in [1.54, 1.807) is 23.9 Å². The molecule has 0 aliphatic carbocycles. The highest BCUT2D eigenvalue weighted by Gasteiger charge is 2.17. The van der Waals surface area contributed by atoms with E-state index in [0.717, 1.165) is 60.7 Å². The first-order valence-electron chi connectivity index (χ1n) is 11.1. The van der Waals surface area contributed by atoms with Gasteiger partial charge in [0.15, 0.2) is 5.16 Å². The predicted molar refractivity (Wildman–Crippen MR) is 133 cm³/mol. The number of H-pyrrole nitrogens is 1. The monoisotopic (exact) mass is 485 g/mol. The van der Waals surface area contributed by atoms with Crippen LogP contribution in [0.25, 0.3) is 11.3 Å². The average molecular weight is 486 g/mol. The number of thiophene rings is 1. The molecule has 4 rings (SSSR count). The summed E-state index contributed by atoms with van der Waals surface area (Å²) in [7, 11) is 0. The van der Waals surface area contributed by atoms with Gasteiger partial charge in [0, 0.05) is 41.0 Å². The SMILES string of the molecule is O=C(O)c1ccc(CCCCCSc2nc(-c3ccccc3N3CCOCC3)cc(=O)[nH]2)s1. The number of morpholine rings is 1. The number of aromatic carboxylic acids is 1. The number of nitrogens with zero attached hydrogens (tertiary/aromatic N) is 2. The molecule has 0 spiro atoms. The smallest absolute Gasteiger partial charge is 0.345 e. The zero-order valence-corrected chi connectivity index (χ0v) is 19.9. The summed E-state index contributed by atoms with van der Waals surface area (Å²) in [5.74, 6) is 0.00132. The van der Waals surface area contributed by atoms with E-state index in [0.29, 0.717) is 28.9 Å². The molecule has 0 saturated carbocycles. The fourth-order valence-electron chi connectivity index (χ4n) is 3.79. The maximum Gasteiger partial charge on any atom is 0.345 e. The number of thioether (sulfide) groups is 1. The lowest BCUT2D eigenvalue weighted by Crippen LogP contribution is -2.36. The van der Waals surface area contributed by atoms with Crippen molar-refractivity contribution in [1.29, 1.82) is 0 Å². The lowest BCUT2D eigenvalue weighted by molar-refractivity contribution is 0.0702. The number of unbranched alkanes of at least 4 members (excludes halogenated alkanes) is 2. The molecule has 0 amide bonds. The van der Waals surface area contributed by atoms with E-state index >= 15 is 0 Å². The minimum atomic E-state index is -0.862. The molecule has 3 aromatic rings. The fourth-order valence-corrected chi connectivity index (χ4v) is 5.55. The molecular weight excluding hydrogens is 458 g/mol. The van der Waals surface area contributed by atoms with Gasteiger partial charge in [0.25, 0.3) is 5.56 Å². The first-order chi connectivity index (χ1) is 16.1. The molecule has 2 aromatic heterocycles. The Morgan fingerprint density at radius 2 is 1.97 bits per heavy atom. The minimum Gasteiger partial charge on any atom is -0.477 e. The number of rotatable bonds is 10. The molecule has 0 bridgehead atoms. The standard InChI is InChI=1S/C24H27N3O4S2/c28-22-16-19(18-7-3-4-8-20(18)27-11-13-31-14-12-27)25-24(26-22)32-15-5-1-2-6-17-9-10-21(33-17)23(29)30/h3-4,7-10,16H,1-2,5-6,11-15H2,(H,29,30)(H,25,26,28). The quantitative estimate of drug-likeness (QED) is 0.247. The maximum atomic E-state index is 12.3. The van der Waals surface area contributed by atoms with Gasteiger partial charge in [-0.3, -0.25) is 4.79 Å². The summed E-state index contributed by atoms with van der Waals surface area (Å²) in [6.45, 7) is 3.05. The number of benzene rings is 1. The van der Waals surface area contributed by atoms with Gasteiger partial charge in [-0.1, -0.05) is 36.4 Å². The first kappa shape index (κ1) is 23.5. The third-order valence-electron chi connectivity index (χ3n) is 5.43. The summed E-state index contributed by atoms with van der Waals surface area (Å²) in [5, 5.41) is 9.65. The molecule has 1 aliphatic heterocycles. The van der Waals surface area contributed by atoms with E-state index in [1.165, 1.54) is 11.3 Å². The molecule has 1 aliphatic rings. The van der Waals surface area contributed by atoms with Crippen LogP contribution in [0.4, 0.5) is 5.69 Å². The molecule has 174 valence electrons. The number of carbonyl (C=O) groups is 1. The Labute approximate surface area is 200 Å². The molecule has 7 nitrogen and oxygen atoms in total. The van der Waals surface area contributed by atoms with Gasteiger partial charge in [0.2, 0.25) is 0 Å². The molecule has 2 N–H and O–H groups in total. The summed E-state index contributed by atoms with van der Waals surface area (Å²) in [4.78, 5) is 34.7. The predicted octanol–water partition coefficient (Wildman–Crippen LogP) is 4.54. The number of nitrogens with one attached hydrogen (secondary N) is 1. The highest BCUT2D eigenvalue weighted by molar-refractivity contribution is 7.99. The van der Waals surface area contributed by atoms with Gasteiger partial charge in [-0.25, -0.2) is 9.78 Å².